The van der Waals surface area contributed by atoms with Gasteiger partial charge in [0, 0.05) is 11.4 Å². The van der Waals surface area contributed by atoms with E-state index in [-0.39, 0.29) is 18.9 Å². The Labute approximate surface area is 127 Å². The molecular weight excluding hydrogens is 247 g/mol. The maximum atomic E-state index is 10.7. The van der Waals surface area contributed by atoms with Crippen LogP contribution in [0.4, 0.5) is 0 Å². The van der Waals surface area contributed by atoms with E-state index in [1.165, 1.54) is 0 Å². The maximum absolute atomic E-state index is 10.7. The summed E-state index contributed by atoms with van der Waals surface area (Å²) in [6, 6.07) is 15.1. The van der Waals surface area contributed by atoms with Gasteiger partial charge in [0.15, 0.2) is 0 Å². The fraction of sp³-hybridized carbons (Fsp3) is 0. The molecule has 0 amide bonds. The predicted molar refractivity (Wildman–Crippen MR) is 69.4 cm³/mol. The van der Waals surface area contributed by atoms with Crippen molar-refractivity contribution in [2.75, 3.05) is 0 Å². The van der Waals surface area contributed by atoms with Gasteiger partial charge >= 0.3 is 18.9 Å². The average Bonchev–Trinajstić information content (AvgIpc) is 3.01. The smallest absolute Gasteiger partial charge is 0.330 e. The third kappa shape index (κ3) is 2.69. The molecule has 1 aromatic heterocycles. The molecule has 0 unspecified atom stereocenters. The summed E-state index contributed by atoms with van der Waals surface area (Å²) < 4.78 is 0. The van der Waals surface area contributed by atoms with Crippen LogP contribution in [0.25, 0.3) is 22.5 Å². The number of carbonyl (C=O) groups is 1. The summed E-state index contributed by atoms with van der Waals surface area (Å²) in [6.07, 6.45) is 0.823. The Morgan fingerprint density at radius 2 is 1.65 bits per heavy atom. The molecular formula is C14H9LiN4O. The third-order valence-corrected chi connectivity index (χ3v) is 2.84. The van der Waals surface area contributed by atoms with Crippen LogP contribution >= 0.6 is 0 Å². The Hall–Kier alpha value is -2.22. The normalized spacial score (nSPS) is 9.80. The molecule has 0 atom stereocenters. The van der Waals surface area contributed by atoms with Gasteiger partial charge in [-0.15, -0.1) is 0 Å². The van der Waals surface area contributed by atoms with E-state index in [0.717, 1.165) is 23.0 Å². The van der Waals surface area contributed by atoms with E-state index in [2.05, 4.69) is 20.6 Å². The first-order valence-corrected chi connectivity index (χ1v) is 5.72. The summed E-state index contributed by atoms with van der Waals surface area (Å²) in [6.45, 7) is 0. The van der Waals surface area contributed by atoms with Crippen LogP contribution in [0.2, 0.25) is 0 Å². The van der Waals surface area contributed by atoms with Crippen molar-refractivity contribution in [3.63, 3.8) is 0 Å². The second-order valence-corrected chi connectivity index (χ2v) is 3.99. The largest absolute Gasteiger partial charge is 1.00 e. The molecule has 3 rings (SSSR count). The molecule has 20 heavy (non-hydrogen) atoms. The Morgan fingerprint density at radius 3 is 2.25 bits per heavy atom. The van der Waals surface area contributed by atoms with Gasteiger partial charge in [-0.25, -0.2) is 0 Å². The zero-order valence-corrected chi connectivity index (χ0v) is 10.9. The molecule has 0 spiro atoms. The van der Waals surface area contributed by atoms with E-state index < -0.39 is 0 Å². The van der Waals surface area contributed by atoms with E-state index in [9.17, 15) is 4.79 Å². The molecule has 0 aliphatic carbocycles. The van der Waals surface area contributed by atoms with Crippen LogP contribution in [-0.4, -0.2) is 21.8 Å². The standard InChI is InChI=1S/C14H10N4O.Li/c19-9-10-5-7-11(8-6-10)12-3-1-2-4-13(12)14-15-17-18-16-14;/h1-9H,(H,15,16,17,18,19);/q;+1/p-1. The van der Waals surface area contributed by atoms with Gasteiger partial charge < -0.3 is 5.10 Å². The van der Waals surface area contributed by atoms with Crippen LogP contribution < -0.4 is 24.0 Å². The molecule has 0 aliphatic heterocycles. The minimum Gasteiger partial charge on any atom is -0.330 e. The summed E-state index contributed by atoms with van der Waals surface area (Å²) in [4.78, 5) is 10.7. The number of aromatic nitrogens is 4. The summed E-state index contributed by atoms with van der Waals surface area (Å²) in [5.41, 5.74) is 3.49. The Morgan fingerprint density at radius 1 is 0.950 bits per heavy atom. The summed E-state index contributed by atoms with van der Waals surface area (Å²) in [7, 11) is 0. The van der Waals surface area contributed by atoms with Gasteiger partial charge in [-0.1, -0.05) is 48.5 Å². The average molecular weight is 256 g/mol. The monoisotopic (exact) mass is 256 g/mol. The molecule has 6 heteroatoms. The van der Waals surface area contributed by atoms with Crippen molar-refractivity contribution in [3.05, 3.63) is 54.1 Å². The van der Waals surface area contributed by atoms with Crippen molar-refractivity contribution in [3.8, 4) is 22.5 Å². The summed E-state index contributed by atoms with van der Waals surface area (Å²) in [5, 5.41) is 14.8. The molecule has 3 aromatic rings. The van der Waals surface area contributed by atoms with Crippen molar-refractivity contribution < 1.29 is 23.7 Å². The number of hydrogen-bond donors (Lipinski definition) is 0. The number of aldehydes is 1. The first kappa shape index (κ1) is 14.2. The van der Waals surface area contributed by atoms with Gasteiger partial charge in [-0.2, -0.15) is 5.21 Å². The van der Waals surface area contributed by atoms with Gasteiger partial charge in [0.25, 0.3) is 0 Å². The molecule has 2 aromatic carbocycles. The SMILES string of the molecule is O=Cc1ccc(-c2ccccc2-c2nnn[n-]2)cc1.[Li+]. The van der Waals surface area contributed by atoms with E-state index in [1.54, 1.807) is 12.1 Å². The third-order valence-electron chi connectivity index (χ3n) is 2.84. The van der Waals surface area contributed by atoms with Crippen molar-refractivity contribution in [2.45, 2.75) is 0 Å². The first-order chi connectivity index (χ1) is 9.38. The minimum atomic E-state index is 0. The Balaban J connectivity index is 0.00000147. The maximum Gasteiger partial charge on any atom is 1.00 e. The number of nitrogens with zero attached hydrogens (tertiary/aromatic N) is 4. The number of benzene rings is 2. The van der Waals surface area contributed by atoms with Crippen LogP contribution in [-0.2, 0) is 0 Å². The molecule has 0 radical (unpaired) electrons. The zero-order valence-electron chi connectivity index (χ0n) is 10.9. The molecule has 0 saturated carbocycles. The molecule has 0 aliphatic rings. The zero-order chi connectivity index (χ0) is 13.1. The molecule has 5 nitrogen and oxygen atoms in total. The van der Waals surface area contributed by atoms with Gasteiger partial charge in [-0.3, -0.25) is 15.1 Å². The molecule has 92 valence electrons. The molecule has 1 heterocycles. The quantitative estimate of drug-likeness (QED) is 0.443. The van der Waals surface area contributed by atoms with Crippen molar-refractivity contribution in [2.24, 2.45) is 0 Å². The van der Waals surface area contributed by atoms with Gasteiger partial charge in [0.05, 0.1) is 0 Å². The Bertz CT molecular complexity index is 695. The first-order valence-electron chi connectivity index (χ1n) is 5.72. The van der Waals surface area contributed by atoms with Gasteiger partial charge in [0.1, 0.15) is 6.29 Å². The van der Waals surface area contributed by atoms with Gasteiger partial charge in [0.2, 0.25) is 0 Å². The minimum absolute atomic E-state index is 0. The fourth-order valence-corrected chi connectivity index (χ4v) is 1.92. The predicted octanol–water partition coefficient (Wildman–Crippen LogP) is -1.02. The summed E-state index contributed by atoms with van der Waals surface area (Å²) in [5.74, 6) is 0.495. The molecule has 0 saturated heterocycles. The van der Waals surface area contributed by atoms with E-state index >= 15 is 0 Å². The fourth-order valence-electron chi connectivity index (χ4n) is 1.92. The molecule has 0 fully saturated rings. The van der Waals surface area contributed by atoms with Crippen LogP contribution in [0, 0.1) is 0 Å². The summed E-state index contributed by atoms with van der Waals surface area (Å²) >= 11 is 0. The molecule has 0 bridgehead atoms. The number of carbonyl (C=O) groups excluding carboxylic acids is 1. The van der Waals surface area contributed by atoms with Crippen LogP contribution in [0.15, 0.2) is 48.5 Å². The van der Waals surface area contributed by atoms with Crippen LogP contribution in [0.5, 0.6) is 0 Å². The number of hydrogen-bond acceptors (Lipinski definition) is 4. The van der Waals surface area contributed by atoms with Crippen molar-refractivity contribution in [1.82, 2.24) is 20.6 Å². The van der Waals surface area contributed by atoms with Crippen molar-refractivity contribution in [1.29, 1.82) is 0 Å². The van der Waals surface area contributed by atoms with E-state index in [0.29, 0.717) is 11.4 Å². The molecule has 0 N–H and O–H groups in total. The topological polar surface area (TPSA) is 69.8 Å². The second kappa shape index (κ2) is 6.29. The van der Waals surface area contributed by atoms with E-state index in [4.69, 9.17) is 0 Å². The van der Waals surface area contributed by atoms with Crippen LogP contribution in [0.3, 0.4) is 0 Å². The van der Waals surface area contributed by atoms with Crippen molar-refractivity contribution >= 4 is 6.29 Å². The number of tetrazole rings is 1. The van der Waals surface area contributed by atoms with E-state index in [1.807, 2.05) is 36.4 Å². The Kier molecular flexibility index (Phi) is 4.46. The van der Waals surface area contributed by atoms with Crippen LogP contribution in [0.1, 0.15) is 10.4 Å². The van der Waals surface area contributed by atoms with Gasteiger partial charge in [-0.05, 0) is 16.7 Å². The second-order valence-electron chi connectivity index (χ2n) is 3.99. The number of rotatable bonds is 3.